The van der Waals surface area contributed by atoms with Crippen molar-refractivity contribution >= 4 is 41.5 Å². The molecule has 0 spiro atoms. The molecule has 4 nitrogen and oxygen atoms in total. The molecule has 0 aromatic heterocycles. The van der Waals surface area contributed by atoms with Crippen molar-refractivity contribution in [1.82, 2.24) is 15.5 Å². The van der Waals surface area contributed by atoms with E-state index in [1.165, 1.54) is 10.8 Å². The number of piperazine rings is 1. The van der Waals surface area contributed by atoms with Gasteiger partial charge in [-0.15, -0.1) is 24.8 Å². The summed E-state index contributed by atoms with van der Waals surface area (Å²) < 4.78 is 0. The number of hydrogen-bond donors (Lipinski definition) is 2. The lowest BCUT2D eigenvalue weighted by Crippen LogP contribution is -2.47. The van der Waals surface area contributed by atoms with Gasteiger partial charge in [0, 0.05) is 26.2 Å². The minimum absolute atomic E-state index is 0. The number of benzene rings is 2. The van der Waals surface area contributed by atoms with Crippen molar-refractivity contribution in [3.63, 3.8) is 0 Å². The summed E-state index contributed by atoms with van der Waals surface area (Å²) in [4.78, 5) is 14.4. The van der Waals surface area contributed by atoms with Crippen LogP contribution in [0.2, 0.25) is 0 Å². The Morgan fingerprint density at radius 2 is 1.79 bits per heavy atom. The Bertz CT molecular complexity index is 660. The van der Waals surface area contributed by atoms with Crippen LogP contribution < -0.4 is 10.6 Å². The number of rotatable bonds is 4. The summed E-state index contributed by atoms with van der Waals surface area (Å²) in [7, 11) is 0. The molecule has 24 heavy (non-hydrogen) atoms. The smallest absolute Gasteiger partial charge is 0.234 e. The van der Waals surface area contributed by atoms with Gasteiger partial charge in [-0.05, 0) is 29.3 Å². The highest BCUT2D eigenvalue weighted by atomic mass is 35.5. The highest BCUT2D eigenvalue weighted by Gasteiger charge is 2.15. The van der Waals surface area contributed by atoms with Crippen molar-refractivity contribution in [2.45, 2.75) is 13.0 Å². The zero-order valence-corrected chi connectivity index (χ0v) is 15.5. The molecule has 1 saturated heterocycles. The molecule has 1 aliphatic heterocycles. The Hall–Kier alpha value is -1.33. The predicted molar refractivity (Wildman–Crippen MR) is 104 cm³/mol. The lowest BCUT2D eigenvalue weighted by molar-refractivity contribution is -0.123. The van der Waals surface area contributed by atoms with E-state index in [0.29, 0.717) is 6.54 Å². The molecular weight excluding hydrogens is 345 g/mol. The molecule has 1 amide bonds. The summed E-state index contributed by atoms with van der Waals surface area (Å²) >= 11 is 0. The molecule has 6 heteroatoms. The van der Waals surface area contributed by atoms with Crippen LogP contribution in [0.3, 0.4) is 0 Å². The molecule has 1 aliphatic rings. The largest absolute Gasteiger partial charge is 0.348 e. The quantitative estimate of drug-likeness (QED) is 0.870. The normalized spacial score (nSPS) is 15.9. The SMILES string of the molecule is CC(NC(=O)CN1CCNCC1)c1ccc2ccccc2c1.Cl.Cl. The number of nitrogens with zero attached hydrogens (tertiary/aromatic N) is 1. The Labute approximate surface area is 155 Å². The van der Waals surface area contributed by atoms with Gasteiger partial charge in [0.05, 0.1) is 12.6 Å². The van der Waals surface area contributed by atoms with Gasteiger partial charge in [-0.1, -0.05) is 36.4 Å². The van der Waals surface area contributed by atoms with E-state index in [1.807, 2.05) is 19.1 Å². The average Bonchev–Trinajstić information content (AvgIpc) is 2.55. The van der Waals surface area contributed by atoms with Crippen molar-refractivity contribution in [3.8, 4) is 0 Å². The van der Waals surface area contributed by atoms with Crippen LogP contribution in [-0.2, 0) is 4.79 Å². The molecule has 2 aromatic rings. The zero-order valence-electron chi connectivity index (χ0n) is 13.8. The van der Waals surface area contributed by atoms with Gasteiger partial charge in [-0.2, -0.15) is 0 Å². The van der Waals surface area contributed by atoms with Crippen LogP contribution >= 0.6 is 24.8 Å². The van der Waals surface area contributed by atoms with Gasteiger partial charge in [-0.25, -0.2) is 0 Å². The van der Waals surface area contributed by atoms with Crippen LogP contribution in [0.4, 0.5) is 0 Å². The van der Waals surface area contributed by atoms with Crippen LogP contribution in [0.5, 0.6) is 0 Å². The molecule has 0 aliphatic carbocycles. The summed E-state index contributed by atoms with van der Waals surface area (Å²) in [6.45, 7) is 6.34. The van der Waals surface area contributed by atoms with Gasteiger partial charge in [0.25, 0.3) is 0 Å². The fraction of sp³-hybridized carbons (Fsp3) is 0.389. The van der Waals surface area contributed by atoms with Crippen LogP contribution in [0.15, 0.2) is 42.5 Å². The van der Waals surface area contributed by atoms with Crippen molar-refractivity contribution in [3.05, 3.63) is 48.0 Å². The fourth-order valence-electron chi connectivity index (χ4n) is 2.92. The van der Waals surface area contributed by atoms with E-state index in [0.717, 1.165) is 31.7 Å². The summed E-state index contributed by atoms with van der Waals surface area (Å²) in [6, 6.07) is 14.7. The van der Waals surface area contributed by atoms with Crippen LogP contribution in [-0.4, -0.2) is 43.5 Å². The third-order valence-electron chi connectivity index (χ3n) is 4.23. The third-order valence-corrected chi connectivity index (χ3v) is 4.23. The van der Waals surface area contributed by atoms with E-state index in [4.69, 9.17) is 0 Å². The second kappa shape index (κ2) is 9.84. The average molecular weight is 370 g/mol. The topological polar surface area (TPSA) is 44.4 Å². The zero-order chi connectivity index (χ0) is 15.4. The van der Waals surface area contributed by atoms with Crippen molar-refractivity contribution in [2.75, 3.05) is 32.7 Å². The highest BCUT2D eigenvalue weighted by Crippen LogP contribution is 2.20. The van der Waals surface area contributed by atoms with Crippen LogP contribution in [0.25, 0.3) is 10.8 Å². The summed E-state index contributed by atoms with van der Waals surface area (Å²) in [5.41, 5.74) is 1.15. The Kier molecular flexibility index (Phi) is 8.50. The summed E-state index contributed by atoms with van der Waals surface area (Å²) in [5, 5.41) is 8.84. The predicted octanol–water partition coefficient (Wildman–Crippen LogP) is 2.77. The highest BCUT2D eigenvalue weighted by molar-refractivity contribution is 5.86. The van der Waals surface area contributed by atoms with Gasteiger partial charge in [0.1, 0.15) is 0 Å². The summed E-state index contributed by atoms with van der Waals surface area (Å²) in [6.07, 6.45) is 0. The molecule has 1 unspecified atom stereocenters. The number of halogens is 2. The van der Waals surface area contributed by atoms with Crippen LogP contribution in [0, 0.1) is 0 Å². The van der Waals surface area contributed by atoms with E-state index >= 15 is 0 Å². The molecule has 0 radical (unpaired) electrons. The molecule has 132 valence electrons. The Balaban J connectivity index is 0.00000144. The molecule has 2 aromatic carbocycles. The standard InChI is InChI=1S/C18H23N3O.2ClH/c1-14(20-18(22)13-21-10-8-19-9-11-21)16-7-6-15-4-2-3-5-17(15)12-16;;/h2-7,12,14,19H,8-11,13H2,1H3,(H,20,22);2*1H. The number of carbonyl (C=O) groups is 1. The molecular formula is C18H25Cl2N3O. The minimum atomic E-state index is 0. The second-order valence-corrected chi connectivity index (χ2v) is 5.92. The Morgan fingerprint density at radius 1 is 1.12 bits per heavy atom. The van der Waals surface area contributed by atoms with E-state index in [2.05, 4.69) is 45.9 Å². The van der Waals surface area contributed by atoms with Crippen molar-refractivity contribution < 1.29 is 4.79 Å². The van der Waals surface area contributed by atoms with E-state index in [9.17, 15) is 4.79 Å². The minimum Gasteiger partial charge on any atom is -0.348 e. The van der Waals surface area contributed by atoms with Gasteiger partial charge >= 0.3 is 0 Å². The van der Waals surface area contributed by atoms with Gasteiger partial charge in [-0.3, -0.25) is 9.69 Å². The number of fused-ring (bicyclic) bond motifs is 1. The molecule has 1 fully saturated rings. The first-order valence-electron chi connectivity index (χ1n) is 7.93. The fourth-order valence-corrected chi connectivity index (χ4v) is 2.92. The van der Waals surface area contributed by atoms with E-state index in [1.54, 1.807) is 0 Å². The van der Waals surface area contributed by atoms with Crippen molar-refractivity contribution in [2.24, 2.45) is 0 Å². The second-order valence-electron chi connectivity index (χ2n) is 5.92. The molecule has 1 atom stereocenters. The maximum Gasteiger partial charge on any atom is 0.234 e. The number of nitrogens with one attached hydrogen (secondary N) is 2. The number of carbonyl (C=O) groups excluding carboxylic acids is 1. The first-order valence-corrected chi connectivity index (χ1v) is 7.93. The molecule has 2 N–H and O–H groups in total. The summed E-state index contributed by atoms with van der Waals surface area (Å²) in [5.74, 6) is 0.0996. The lowest BCUT2D eigenvalue weighted by Gasteiger charge is -2.27. The molecule has 0 saturated carbocycles. The monoisotopic (exact) mass is 369 g/mol. The lowest BCUT2D eigenvalue weighted by atomic mass is 10.0. The van der Waals surface area contributed by atoms with E-state index in [-0.39, 0.29) is 36.8 Å². The maximum atomic E-state index is 12.2. The van der Waals surface area contributed by atoms with Crippen LogP contribution in [0.1, 0.15) is 18.5 Å². The third kappa shape index (κ3) is 5.35. The van der Waals surface area contributed by atoms with E-state index < -0.39 is 0 Å². The number of hydrogen-bond acceptors (Lipinski definition) is 3. The first-order chi connectivity index (χ1) is 10.7. The molecule has 3 rings (SSSR count). The first kappa shape index (κ1) is 20.7. The maximum absolute atomic E-state index is 12.2. The molecule has 1 heterocycles. The van der Waals surface area contributed by atoms with Gasteiger partial charge in [0.15, 0.2) is 0 Å². The van der Waals surface area contributed by atoms with Crippen molar-refractivity contribution in [1.29, 1.82) is 0 Å². The number of amides is 1. The van der Waals surface area contributed by atoms with Gasteiger partial charge < -0.3 is 10.6 Å². The van der Waals surface area contributed by atoms with Gasteiger partial charge in [0.2, 0.25) is 5.91 Å². The molecule has 0 bridgehead atoms. The Morgan fingerprint density at radius 3 is 2.50 bits per heavy atom.